The molecule has 30 heavy (non-hydrogen) atoms. The summed E-state index contributed by atoms with van der Waals surface area (Å²) in [5, 5.41) is 3.34. The second-order valence-electron chi connectivity index (χ2n) is 7.39. The fourth-order valence-electron chi connectivity index (χ4n) is 3.45. The molecule has 0 aliphatic carbocycles. The van der Waals surface area contributed by atoms with Gasteiger partial charge in [-0.1, -0.05) is 19.1 Å². The Hall–Kier alpha value is -1.20. The highest BCUT2D eigenvalue weighted by Gasteiger charge is 2.20. The molecular weight excluding hydrogens is 503 g/mol. The molecule has 1 unspecified atom stereocenters. The van der Waals surface area contributed by atoms with Gasteiger partial charge in [0.25, 0.3) is 0 Å². The summed E-state index contributed by atoms with van der Waals surface area (Å²) >= 11 is 0. The zero-order valence-electron chi connectivity index (χ0n) is 18.5. The third-order valence-electron chi connectivity index (χ3n) is 5.25. The molecule has 1 saturated heterocycles. The number of piperazine rings is 1. The smallest absolute Gasteiger partial charge is 0.387 e. The summed E-state index contributed by atoms with van der Waals surface area (Å²) in [6.45, 7) is 11.4. The highest BCUT2D eigenvalue weighted by Crippen LogP contribution is 2.16. The van der Waals surface area contributed by atoms with Crippen molar-refractivity contribution in [1.29, 1.82) is 0 Å². The lowest BCUT2D eigenvalue weighted by Gasteiger charge is -2.37. The van der Waals surface area contributed by atoms with E-state index >= 15 is 0 Å². The largest absolute Gasteiger partial charge is 0.435 e. The van der Waals surface area contributed by atoms with Crippen molar-refractivity contribution in [2.45, 2.75) is 40.0 Å². The van der Waals surface area contributed by atoms with Crippen molar-refractivity contribution in [2.75, 3.05) is 52.9 Å². The van der Waals surface area contributed by atoms with E-state index in [1.54, 1.807) is 24.3 Å². The van der Waals surface area contributed by atoms with Gasteiger partial charge in [-0.3, -0.25) is 9.89 Å². The Kier molecular flexibility index (Phi) is 12.5. The Labute approximate surface area is 196 Å². The number of likely N-dealkylation sites (N-methyl/N-ethyl adjacent to an activating group) is 1. The van der Waals surface area contributed by atoms with Crippen LogP contribution >= 0.6 is 24.0 Å². The lowest BCUT2D eigenvalue weighted by atomic mass is 10.2. The highest BCUT2D eigenvalue weighted by atomic mass is 127. The maximum absolute atomic E-state index is 12.3. The molecule has 1 heterocycles. The van der Waals surface area contributed by atoms with Crippen molar-refractivity contribution in [3.63, 3.8) is 0 Å². The number of hydrogen-bond acceptors (Lipinski definition) is 4. The average Bonchev–Trinajstić information content (AvgIpc) is 2.72. The molecular formula is C21H36F2IN5O. The second-order valence-corrected chi connectivity index (χ2v) is 7.39. The Bertz CT molecular complexity index is 624. The standard InChI is InChI=1S/C21H35F2N5O.HI/c1-5-24-21(25-15-17(3)28-13-11-27(6-2)12-14-28)26(4)16-18-7-9-19(10-8-18)29-20(22)23;/h7-10,17,20H,5-6,11-16H2,1-4H3,(H,24,25);1H. The zero-order chi connectivity index (χ0) is 21.2. The van der Waals surface area contributed by atoms with Crippen molar-refractivity contribution in [2.24, 2.45) is 4.99 Å². The SMILES string of the molecule is CCNC(=NCC(C)N1CCN(CC)CC1)N(C)Cc1ccc(OC(F)F)cc1.I. The van der Waals surface area contributed by atoms with E-state index in [1.165, 1.54) is 0 Å². The molecule has 9 heteroatoms. The summed E-state index contributed by atoms with van der Waals surface area (Å²) in [6, 6.07) is 7.12. The Morgan fingerprint density at radius 3 is 2.33 bits per heavy atom. The number of nitrogens with zero attached hydrogens (tertiary/aromatic N) is 4. The first-order valence-electron chi connectivity index (χ1n) is 10.4. The van der Waals surface area contributed by atoms with E-state index in [-0.39, 0.29) is 29.7 Å². The van der Waals surface area contributed by atoms with E-state index in [0.717, 1.165) is 57.3 Å². The number of hydrogen-bond donors (Lipinski definition) is 1. The van der Waals surface area contributed by atoms with Crippen LogP contribution in [-0.2, 0) is 6.54 Å². The molecule has 1 aromatic carbocycles. The van der Waals surface area contributed by atoms with Crippen LogP contribution in [0.15, 0.2) is 29.3 Å². The number of halogens is 3. The minimum Gasteiger partial charge on any atom is -0.435 e. The van der Waals surface area contributed by atoms with Crippen LogP contribution in [0.2, 0.25) is 0 Å². The van der Waals surface area contributed by atoms with Gasteiger partial charge in [-0.15, -0.1) is 24.0 Å². The Balaban J connectivity index is 0.00000450. The van der Waals surface area contributed by atoms with Gasteiger partial charge in [0.1, 0.15) is 5.75 Å². The van der Waals surface area contributed by atoms with Crippen molar-refractivity contribution in [1.82, 2.24) is 20.0 Å². The second kappa shape index (κ2) is 14.0. The number of alkyl halides is 2. The van der Waals surface area contributed by atoms with Gasteiger partial charge in [0.2, 0.25) is 0 Å². The molecule has 0 aromatic heterocycles. The van der Waals surface area contributed by atoms with E-state index in [4.69, 9.17) is 4.99 Å². The average molecular weight is 539 g/mol. The maximum Gasteiger partial charge on any atom is 0.387 e. The molecule has 0 radical (unpaired) electrons. The van der Waals surface area contributed by atoms with Crippen molar-refractivity contribution < 1.29 is 13.5 Å². The Morgan fingerprint density at radius 2 is 1.80 bits per heavy atom. The molecule has 172 valence electrons. The summed E-state index contributed by atoms with van der Waals surface area (Å²) in [5.74, 6) is 1.02. The van der Waals surface area contributed by atoms with Gasteiger partial charge in [-0.05, 0) is 38.1 Å². The first kappa shape index (κ1) is 26.8. The predicted octanol–water partition coefficient (Wildman–Crippen LogP) is 3.33. The lowest BCUT2D eigenvalue weighted by molar-refractivity contribution is -0.0498. The molecule has 2 rings (SSSR count). The molecule has 0 spiro atoms. The van der Waals surface area contributed by atoms with Gasteiger partial charge in [0.05, 0.1) is 6.54 Å². The fourth-order valence-corrected chi connectivity index (χ4v) is 3.45. The van der Waals surface area contributed by atoms with Crippen LogP contribution in [0.4, 0.5) is 8.78 Å². The van der Waals surface area contributed by atoms with Crippen molar-refractivity contribution in [3.8, 4) is 5.75 Å². The molecule has 1 N–H and O–H groups in total. The van der Waals surface area contributed by atoms with Crippen LogP contribution in [-0.4, -0.2) is 86.2 Å². The topological polar surface area (TPSA) is 43.3 Å². The third-order valence-corrected chi connectivity index (χ3v) is 5.25. The zero-order valence-corrected chi connectivity index (χ0v) is 20.8. The molecule has 1 fully saturated rings. The van der Waals surface area contributed by atoms with Gasteiger partial charge in [0.15, 0.2) is 5.96 Å². The molecule has 1 aromatic rings. The number of nitrogens with one attached hydrogen (secondary N) is 1. The van der Waals surface area contributed by atoms with Crippen LogP contribution < -0.4 is 10.1 Å². The van der Waals surface area contributed by atoms with E-state index in [2.05, 4.69) is 33.7 Å². The molecule has 0 bridgehead atoms. The van der Waals surface area contributed by atoms with Gasteiger partial charge in [0, 0.05) is 52.4 Å². The summed E-state index contributed by atoms with van der Waals surface area (Å²) in [4.78, 5) is 11.9. The van der Waals surface area contributed by atoms with E-state index in [9.17, 15) is 8.78 Å². The Morgan fingerprint density at radius 1 is 1.17 bits per heavy atom. The van der Waals surface area contributed by atoms with Gasteiger partial charge in [-0.2, -0.15) is 8.78 Å². The van der Waals surface area contributed by atoms with Crippen LogP contribution in [0.1, 0.15) is 26.3 Å². The maximum atomic E-state index is 12.3. The van der Waals surface area contributed by atoms with Crippen molar-refractivity contribution >= 4 is 29.9 Å². The van der Waals surface area contributed by atoms with Crippen LogP contribution in [0.25, 0.3) is 0 Å². The summed E-state index contributed by atoms with van der Waals surface area (Å²) in [5.41, 5.74) is 1.00. The number of benzene rings is 1. The molecule has 1 atom stereocenters. The monoisotopic (exact) mass is 539 g/mol. The number of ether oxygens (including phenoxy) is 1. The molecule has 1 aliphatic heterocycles. The third kappa shape index (κ3) is 8.89. The first-order valence-corrected chi connectivity index (χ1v) is 10.4. The van der Waals surface area contributed by atoms with Crippen LogP contribution in [0.3, 0.4) is 0 Å². The quantitative estimate of drug-likeness (QED) is 0.297. The minimum atomic E-state index is -2.80. The van der Waals surface area contributed by atoms with Gasteiger partial charge >= 0.3 is 6.61 Å². The van der Waals surface area contributed by atoms with Gasteiger partial charge in [-0.25, -0.2) is 0 Å². The summed E-state index contributed by atoms with van der Waals surface area (Å²) in [7, 11) is 1.98. The van der Waals surface area contributed by atoms with Crippen molar-refractivity contribution in [3.05, 3.63) is 29.8 Å². The number of rotatable bonds is 9. The normalized spacial score (nSPS) is 16.8. The number of guanidine groups is 1. The molecule has 0 amide bonds. The molecule has 0 saturated carbocycles. The summed E-state index contributed by atoms with van der Waals surface area (Å²) in [6.07, 6.45) is 0. The van der Waals surface area contributed by atoms with Gasteiger partial charge < -0.3 is 19.9 Å². The lowest BCUT2D eigenvalue weighted by Crippen LogP contribution is -2.50. The highest BCUT2D eigenvalue weighted by molar-refractivity contribution is 14.0. The van der Waals surface area contributed by atoms with Crippen LogP contribution in [0.5, 0.6) is 5.75 Å². The van der Waals surface area contributed by atoms with E-state index in [0.29, 0.717) is 12.6 Å². The molecule has 6 nitrogen and oxygen atoms in total. The number of aliphatic imine (C=N–C) groups is 1. The van der Waals surface area contributed by atoms with E-state index < -0.39 is 6.61 Å². The molecule has 1 aliphatic rings. The first-order chi connectivity index (χ1) is 13.9. The van der Waals surface area contributed by atoms with Crippen LogP contribution in [0, 0.1) is 0 Å². The minimum absolute atomic E-state index is 0. The fraction of sp³-hybridized carbons (Fsp3) is 0.667. The summed E-state index contributed by atoms with van der Waals surface area (Å²) < 4.78 is 29.0. The predicted molar refractivity (Wildman–Crippen MR) is 129 cm³/mol. The van der Waals surface area contributed by atoms with E-state index in [1.807, 2.05) is 18.9 Å².